The largest absolute Gasteiger partial charge is 1.00 e. The lowest BCUT2D eigenvalue weighted by Crippen LogP contribution is -3.00. The third-order valence-corrected chi connectivity index (χ3v) is 4.51. The first kappa shape index (κ1) is 23.3. The molecule has 0 aliphatic carbocycles. The second-order valence-corrected chi connectivity index (χ2v) is 6.77. The number of H-pyrrole nitrogens is 1. The number of nitrogens with one attached hydrogen (secondary N) is 1. The number of aromatic nitrogens is 4. The van der Waals surface area contributed by atoms with Crippen LogP contribution >= 0.6 is 0 Å². The van der Waals surface area contributed by atoms with Gasteiger partial charge >= 0.3 is 11.6 Å². The van der Waals surface area contributed by atoms with Crippen molar-refractivity contribution < 1.29 is 35.9 Å². The van der Waals surface area contributed by atoms with Gasteiger partial charge in [0.05, 0.1) is 19.7 Å². The summed E-state index contributed by atoms with van der Waals surface area (Å²) in [5.74, 6) is -0.150. The maximum Gasteiger partial charge on any atom is 0.312 e. The maximum absolute atomic E-state index is 12.7. The van der Waals surface area contributed by atoms with E-state index in [0.29, 0.717) is 49.5 Å². The highest BCUT2D eigenvalue weighted by Crippen LogP contribution is 2.14. The van der Waals surface area contributed by atoms with E-state index in [1.165, 1.54) is 13.8 Å². The van der Waals surface area contributed by atoms with Crippen LogP contribution in [0.2, 0.25) is 0 Å². The number of rotatable bonds is 8. The third kappa shape index (κ3) is 5.12. The van der Waals surface area contributed by atoms with E-state index in [4.69, 9.17) is 10.5 Å². The first-order valence-corrected chi connectivity index (χ1v) is 9.38. The van der Waals surface area contributed by atoms with Crippen LogP contribution in [0.1, 0.15) is 42.9 Å². The Morgan fingerprint density at radius 2 is 1.90 bits per heavy atom. The number of nitrogens with two attached hydrogens (primary N) is 1. The summed E-state index contributed by atoms with van der Waals surface area (Å²) in [6, 6.07) is 9.56. The van der Waals surface area contributed by atoms with Crippen LogP contribution < -0.4 is 32.8 Å². The van der Waals surface area contributed by atoms with Crippen LogP contribution in [0.25, 0.3) is 11.2 Å². The van der Waals surface area contributed by atoms with Crippen molar-refractivity contribution in [3.05, 3.63) is 52.1 Å². The van der Waals surface area contributed by atoms with Crippen LogP contribution in [0.4, 0.5) is 5.95 Å². The molecular formula is C20H24BrN5O4. The van der Waals surface area contributed by atoms with Crippen molar-refractivity contribution >= 4 is 28.9 Å². The molecule has 0 spiro atoms. The highest BCUT2D eigenvalue weighted by Gasteiger charge is 2.30. The van der Waals surface area contributed by atoms with Crippen molar-refractivity contribution in [1.29, 1.82) is 0 Å². The zero-order valence-corrected chi connectivity index (χ0v) is 18.4. The monoisotopic (exact) mass is 477 g/mol. The molecule has 0 atom stereocenters. The number of aryl methyl sites for hydroxylation is 1. The van der Waals surface area contributed by atoms with Gasteiger partial charge in [-0.25, -0.2) is 9.13 Å². The molecule has 0 aliphatic rings. The van der Waals surface area contributed by atoms with Gasteiger partial charge in [-0.15, -0.1) is 0 Å². The van der Waals surface area contributed by atoms with Crippen molar-refractivity contribution in [2.45, 2.75) is 39.8 Å². The first-order valence-electron chi connectivity index (χ1n) is 9.38. The molecule has 1 aromatic carbocycles. The van der Waals surface area contributed by atoms with Gasteiger partial charge < -0.3 is 27.5 Å². The van der Waals surface area contributed by atoms with E-state index < -0.39 is 5.56 Å². The zero-order chi connectivity index (χ0) is 21.0. The van der Waals surface area contributed by atoms with E-state index in [2.05, 4.69) is 9.97 Å². The number of carbonyl (C=O) groups is 2. The van der Waals surface area contributed by atoms with Crippen LogP contribution in [0.15, 0.2) is 35.1 Å². The first-order chi connectivity index (χ1) is 13.9. The Morgan fingerprint density at radius 1 is 1.20 bits per heavy atom. The highest BCUT2D eigenvalue weighted by molar-refractivity contribution is 5.91. The number of imidazole rings is 1. The number of aromatic amines is 1. The van der Waals surface area contributed by atoms with Crippen molar-refractivity contribution in [2.75, 3.05) is 12.3 Å². The molecule has 0 saturated heterocycles. The minimum atomic E-state index is -0.399. The second-order valence-electron chi connectivity index (χ2n) is 6.77. The maximum atomic E-state index is 12.7. The summed E-state index contributed by atoms with van der Waals surface area (Å²) in [7, 11) is 0. The van der Waals surface area contributed by atoms with Gasteiger partial charge in [-0.1, -0.05) is 35.3 Å². The number of fused-ring (bicyclic) bond motifs is 1. The summed E-state index contributed by atoms with van der Waals surface area (Å²) in [6.07, 6.45) is 1.25. The summed E-state index contributed by atoms with van der Waals surface area (Å²) < 4.78 is 8.36. The SMILES string of the molecule is CC(=O)OCCCC[n+]1c(C(C)=O)n(Cc2ccccc2)c2c(=O)[nH]c(N)nc21.[Br-]. The number of ketones is 1. The zero-order valence-electron chi connectivity index (χ0n) is 16.9. The van der Waals surface area contributed by atoms with Crippen LogP contribution in [0.5, 0.6) is 0 Å². The molecule has 3 N–H and O–H groups in total. The topological polar surface area (TPSA) is 124 Å². The van der Waals surface area contributed by atoms with E-state index in [1.54, 1.807) is 9.13 Å². The van der Waals surface area contributed by atoms with Gasteiger partial charge in [0, 0.05) is 13.8 Å². The van der Waals surface area contributed by atoms with Gasteiger partial charge in [-0.2, -0.15) is 0 Å². The molecule has 0 unspecified atom stereocenters. The van der Waals surface area contributed by atoms with Crippen LogP contribution in [0.3, 0.4) is 0 Å². The molecule has 9 nitrogen and oxygen atoms in total. The van der Waals surface area contributed by atoms with Crippen LogP contribution in [-0.2, 0) is 22.6 Å². The molecule has 0 fully saturated rings. The molecule has 0 amide bonds. The van der Waals surface area contributed by atoms with Crippen molar-refractivity contribution in [1.82, 2.24) is 14.5 Å². The number of Topliss-reactive ketones (excluding diaryl/α,β-unsaturated/α-hetero) is 1. The average Bonchev–Trinajstić information content (AvgIpc) is 2.95. The highest BCUT2D eigenvalue weighted by atomic mass is 79.9. The van der Waals surface area contributed by atoms with Gasteiger partial charge in [-0.3, -0.25) is 19.4 Å². The lowest BCUT2D eigenvalue weighted by Gasteiger charge is -2.05. The van der Waals surface area contributed by atoms with Gasteiger partial charge in [0.25, 0.3) is 17.3 Å². The van der Waals surface area contributed by atoms with Crippen LogP contribution in [0, 0.1) is 0 Å². The molecule has 0 radical (unpaired) electrons. The minimum Gasteiger partial charge on any atom is -1.00 e. The fourth-order valence-electron chi connectivity index (χ4n) is 3.36. The van der Waals surface area contributed by atoms with Gasteiger partial charge in [0.15, 0.2) is 0 Å². The number of hydrogen-bond acceptors (Lipinski definition) is 6. The molecule has 0 saturated carbocycles. The number of nitrogens with zero attached hydrogens (tertiary/aromatic N) is 3. The quantitative estimate of drug-likeness (QED) is 0.170. The molecule has 2 heterocycles. The summed E-state index contributed by atoms with van der Waals surface area (Å²) in [5.41, 5.74) is 6.97. The van der Waals surface area contributed by atoms with Gasteiger partial charge in [0.2, 0.25) is 11.3 Å². The number of halogens is 1. The molecule has 2 aromatic heterocycles. The Bertz CT molecular complexity index is 1110. The number of benzene rings is 1. The Morgan fingerprint density at radius 3 is 2.53 bits per heavy atom. The van der Waals surface area contributed by atoms with E-state index in [1.807, 2.05) is 30.3 Å². The predicted molar refractivity (Wildman–Crippen MR) is 106 cm³/mol. The van der Waals surface area contributed by atoms with Crippen LogP contribution in [-0.4, -0.2) is 32.9 Å². The summed E-state index contributed by atoms with van der Waals surface area (Å²) >= 11 is 0. The molecule has 0 bridgehead atoms. The normalized spacial score (nSPS) is 10.6. The smallest absolute Gasteiger partial charge is 0.312 e. The molecule has 30 heavy (non-hydrogen) atoms. The number of anilines is 1. The lowest BCUT2D eigenvalue weighted by atomic mass is 10.2. The minimum absolute atomic E-state index is 0. The second kappa shape index (κ2) is 10.1. The number of carbonyl (C=O) groups excluding carboxylic acids is 2. The number of esters is 1. The molecular weight excluding hydrogens is 454 g/mol. The van der Waals surface area contributed by atoms with Crippen molar-refractivity contribution in [3.63, 3.8) is 0 Å². The standard InChI is InChI=1S/C20H23N5O4.BrH/c1-13(26)19-24(10-6-7-11-29-14(2)27)17-16(18(28)23-20(21)22-17)25(19)12-15-8-4-3-5-9-15;/h3-5,8-9H,6-7,10-12H2,1-2H3,(H2-,21,22,23,26,28);1H. The Balaban J connectivity index is 0.00000320. The number of hydrogen-bond donors (Lipinski definition) is 2. The van der Waals surface area contributed by atoms with Crippen molar-refractivity contribution in [3.8, 4) is 0 Å². The van der Waals surface area contributed by atoms with E-state index >= 15 is 0 Å². The summed E-state index contributed by atoms with van der Waals surface area (Å²) in [4.78, 5) is 42.9. The fraction of sp³-hybridized carbons (Fsp3) is 0.350. The molecule has 0 aliphatic heterocycles. The predicted octanol–water partition coefficient (Wildman–Crippen LogP) is -1.81. The fourth-order valence-corrected chi connectivity index (χ4v) is 3.36. The number of nitrogen functional groups attached to an aromatic ring is 1. The summed E-state index contributed by atoms with van der Waals surface area (Å²) in [6.45, 7) is 3.90. The average molecular weight is 478 g/mol. The van der Waals surface area contributed by atoms with Gasteiger partial charge in [0.1, 0.15) is 0 Å². The third-order valence-electron chi connectivity index (χ3n) is 4.51. The molecule has 10 heteroatoms. The van der Waals surface area contributed by atoms with E-state index in [9.17, 15) is 14.4 Å². The van der Waals surface area contributed by atoms with Crippen molar-refractivity contribution in [2.24, 2.45) is 0 Å². The number of ether oxygens (including phenoxy) is 1. The molecule has 160 valence electrons. The lowest BCUT2D eigenvalue weighted by molar-refractivity contribution is -0.676. The molecule has 3 rings (SSSR count). The van der Waals surface area contributed by atoms with Gasteiger partial charge in [-0.05, 0) is 18.4 Å². The Labute approximate surface area is 183 Å². The Hall–Kier alpha value is -3.01. The molecule has 3 aromatic rings. The van der Waals surface area contributed by atoms with E-state index in [-0.39, 0.29) is 34.7 Å². The number of unbranched alkanes of at least 4 members (excludes halogenated alkanes) is 1. The Kier molecular flexibility index (Phi) is 7.87. The summed E-state index contributed by atoms with van der Waals surface area (Å²) in [5, 5.41) is 0. The van der Waals surface area contributed by atoms with E-state index in [0.717, 1.165) is 5.56 Å².